The van der Waals surface area contributed by atoms with Gasteiger partial charge < -0.3 is 0 Å². The second kappa shape index (κ2) is 18.3. The van der Waals surface area contributed by atoms with E-state index >= 15 is 0 Å². The highest BCUT2D eigenvalue weighted by molar-refractivity contribution is 6.22. The summed E-state index contributed by atoms with van der Waals surface area (Å²) in [5.74, 6) is 0.569. The SMILES string of the molecule is C/C=C\CC(C)C1=CC=C(c2cccc(-c3c4ccccc4c(-c4cccc(-c5ccc6ccccc6c5)c4)c4cc(-c5ccccc5-c5ccccc5)ccc34)c2)CC1.CC. The van der Waals surface area contributed by atoms with Crippen LogP contribution in [0.4, 0.5) is 0 Å². The van der Waals surface area contributed by atoms with Crippen LogP contribution >= 0.6 is 0 Å². The van der Waals surface area contributed by atoms with E-state index in [9.17, 15) is 0 Å². The van der Waals surface area contributed by atoms with Crippen molar-refractivity contribution in [1.82, 2.24) is 0 Å². The molecule has 0 fully saturated rings. The quantitative estimate of drug-likeness (QED) is 0.101. The van der Waals surface area contributed by atoms with E-state index in [-0.39, 0.29) is 0 Å². The number of hydrogen-bond donors (Lipinski definition) is 0. The second-order valence-electron chi connectivity index (χ2n) is 16.3. The van der Waals surface area contributed by atoms with Gasteiger partial charge in [0.05, 0.1) is 0 Å². The number of hydrogen-bond acceptors (Lipinski definition) is 0. The first-order valence-corrected chi connectivity index (χ1v) is 22.5. The van der Waals surface area contributed by atoms with Gasteiger partial charge in [0.2, 0.25) is 0 Å². The summed E-state index contributed by atoms with van der Waals surface area (Å²) >= 11 is 0. The fraction of sp³-hybridized carbons (Fsp3) is 0.129. The summed E-state index contributed by atoms with van der Waals surface area (Å²) in [7, 11) is 0. The molecule has 0 radical (unpaired) electrons. The van der Waals surface area contributed by atoms with Crippen molar-refractivity contribution < 1.29 is 0 Å². The van der Waals surface area contributed by atoms with E-state index in [0.29, 0.717) is 5.92 Å². The van der Waals surface area contributed by atoms with Crippen LogP contribution in [-0.4, -0.2) is 0 Å². The van der Waals surface area contributed by atoms with Gasteiger partial charge in [-0.1, -0.05) is 214 Å². The largest absolute Gasteiger partial charge is 0.0916 e. The highest BCUT2D eigenvalue weighted by Gasteiger charge is 2.20. The summed E-state index contributed by atoms with van der Waals surface area (Å²) < 4.78 is 0. The Kier molecular flexibility index (Phi) is 11.9. The van der Waals surface area contributed by atoms with Crippen molar-refractivity contribution in [2.45, 2.75) is 47.0 Å². The minimum absolute atomic E-state index is 0.569. The molecule has 1 aliphatic carbocycles. The molecule has 0 saturated carbocycles. The molecule has 0 N–H and O–H groups in total. The molecular weight excluding hydrogens is 745 g/mol. The third kappa shape index (κ3) is 7.97. The van der Waals surface area contributed by atoms with Gasteiger partial charge >= 0.3 is 0 Å². The molecule has 1 atom stereocenters. The molecule has 9 aromatic rings. The molecule has 62 heavy (non-hydrogen) atoms. The number of fused-ring (bicyclic) bond motifs is 3. The van der Waals surface area contributed by atoms with Gasteiger partial charge in [-0.2, -0.15) is 0 Å². The van der Waals surface area contributed by atoms with Crippen molar-refractivity contribution >= 4 is 37.9 Å². The maximum atomic E-state index is 2.46. The summed E-state index contributed by atoms with van der Waals surface area (Å²) in [4.78, 5) is 0. The molecule has 0 amide bonds. The summed E-state index contributed by atoms with van der Waals surface area (Å²) in [6.07, 6.45) is 12.5. The van der Waals surface area contributed by atoms with Crippen molar-refractivity contribution in [2.75, 3.05) is 0 Å². The zero-order valence-corrected chi connectivity index (χ0v) is 36.4. The van der Waals surface area contributed by atoms with Crippen LogP contribution in [-0.2, 0) is 0 Å². The fourth-order valence-corrected chi connectivity index (χ4v) is 9.47. The zero-order chi connectivity index (χ0) is 42.4. The summed E-state index contributed by atoms with van der Waals surface area (Å²) in [6, 6.07) is 69.8. The molecule has 1 aliphatic rings. The second-order valence-corrected chi connectivity index (χ2v) is 16.3. The summed E-state index contributed by atoms with van der Waals surface area (Å²) in [6.45, 7) is 8.47. The van der Waals surface area contributed by atoms with Crippen molar-refractivity contribution in [1.29, 1.82) is 0 Å². The molecule has 0 spiro atoms. The Bertz CT molecular complexity index is 3140. The van der Waals surface area contributed by atoms with Crippen LogP contribution in [0.2, 0.25) is 0 Å². The van der Waals surface area contributed by atoms with E-state index in [1.165, 1.54) is 99.1 Å². The van der Waals surface area contributed by atoms with E-state index in [0.717, 1.165) is 19.3 Å². The molecule has 0 aromatic heterocycles. The average molecular weight is 799 g/mol. The van der Waals surface area contributed by atoms with Crippen molar-refractivity contribution in [3.63, 3.8) is 0 Å². The maximum absolute atomic E-state index is 2.46. The van der Waals surface area contributed by atoms with Gasteiger partial charge in [-0.05, 0) is 155 Å². The van der Waals surface area contributed by atoms with Crippen LogP contribution in [0.5, 0.6) is 0 Å². The topological polar surface area (TPSA) is 0 Å². The molecule has 0 heterocycles. The van der Waals surface area contributed by atoms with E-state index in [2.05, 4.69) is 226 Å². The van der Waals surface area contributed by atoms with Crippen LogP contribution in [0.3, 0.4) is 0 Å². The molecule has 10 rings (SSSR count). The zero-order valence-electron chi connectivity index (χ0n) is 36.4. The molecule has 302 valence electrons. The highest BCUT2D eigenvalue weighted by Crippen LogP contribution is 2.47. The first kappa shape index (κ1) is 40.4. The van der Waals surface area contributed by atoms with Crippen LogP contribution in [0.25, 0.3) is 93.5 Å². The van der Waals surface area contributed by atoms with Gasteiger partial charge in [0.25, 0.3) is 0 Å². The maximum Gasteiger partial charge on any atom is -0.00259 e. The molecular formula is C62H54. The Morgan fingerprint density at radius 3 is 1.68 bits per heavy atom. The van der Waals surface area contributed by atoms with Crippen LogP contribution in [0, 0.1) is 5.92 Å². The van der Waals surface area contributed by atoms with Gasteiger partial charge in [-0.25, -0.2) is 0 Å². The molecule has 0 nitrogen and oxygen atoms in total. The predicted molar refractivity (Wildman–Crippen MR) is 271 cm³/mol. The Morgan fingerprint density at radius 2 is 0.968 bits per heavy atom. The Labute approximate surface area is 368 Å². The van der Waals surface area contributed by atoms with Crippen LogP contribution in [0.15, 0.2) is 218 Å². The van der Waals surface area contributed by atoms with E-state index in [1.807, 2.05) is 13.8 Å². The average Bonchev–Trinajstić information content (AvgIpc) is 3.35. The van der Waals surface area contributed by atoms with Gasteiger partial charge in [-0.3, -0.25) is 0 Å². The van der Waals surface area contributed by atoms with Gasteiger partial charge in [0, 0.05) is 0 Å². The lowest BCUT2D eigenvalue weighted by atomic mass is 9.82. The van der Waals surface area contributed by atoms with Crippen molar-refractivity contribution in [3.05, 3.63) is 223 Å². The fourth-order valence-electron chi connectivity index (χ4n) is 9.47. The Balaban J connectivity index is 0.00000242. The van der Waals surface area contributed by atoms with Crippen molar-refractivity contribution in [3.8, 4) is 55.6 Å². The Morgan fingerprint density at radius 1 is 0.419 bits per heavy atom. The predicted octanol–water partition coefficient (Wildman–Crippen LogP) is 18.2. The molecule has 0 bridgehead atoms. The molecule has 9 aromatic carbocycles. The van der Waals surface area contributed by atoms with E-state index in [1.54, 1.807) is 5.57 Å². The standard InChI is InChI=1S/C60H48.C2H6/c1-3-4-16-41(2)42-29-31-44(32-30-42)47-21-14-23-51(38-47)59-55-27-12-13-28-56(55)60(52-24-15-22-48(39-52)49-34-33-43-17-8-9-20-46(43)37-49)58-40-50(35-36-57(58)59)54-26-11-10-25-53(54)45-18-6-5-7-19-45;1-2/h3-15,17-29,31,33-41H,16,30,32H2,1-2H3;1-2H3/b4-3-;. The normalized spacial score (nSPS) is 13.2. The van der Waals surface area contributed by atoms with Gasteiger partial charge in [-0.15, -0.1) is 0 Å². The van der Waals surface area contributed by atoms with Gasteiger partial charge in [0.15, 0.2) is 0 Å². The molecule has 0 aliphatic heterocycles. The van der Waals surface area contributed by atoms with E-state index < -0.39 is 0 Å². The smallest absolute Gasteiger partial charge is 0.00259 e. The molecule has 1 unspecified atom stereocenters. The lowest BCUT2D eigenvalue weighted by molar-refractivity contribution is 0.655. The minimum atomic E-state index is 0.569. The van der Waals surface area contributed by atoms with Crippen LogP contribution in [0.1, 0.15) is 52.5 Å². The monoisotopic (exact) mass is 798 g/mol. The third-order valence-electron chi connectivity index (χ3n) is 12.6. The number of allylic oxidation sites excluding steroid dienone is 6. The number of benzene rings is 9. The highest BCUT2D eigenvalue weighted by atomic mass is 14.2. The van der Waals surface area contributed by atoms with E-state index in [4.69, 9.17) is 0 Å². The van der Waals surface area contributed by atoms with Crippen LogP contribution < -0.4 is 0 Å². The summed E-state index contributed by atoms with van der Waals surface area (Å²) in [5.41, 5.74) is 16.6. The first-order valence-electron chi connectivity index (χ1n) is 22.5. The van der Waals surface area contributed by atoms with Gasteiger partial charge in [0.1, 0.15) is 0 Å². The minimum Gasteiger partial charge on any atom is -0.0916 e. The molecule has 0 saturated heterocycles. The number of rotatable bonds is 9. The third-order valence-corrected chi connectivity index (χ3v) is 12.6. The summed E-state index contributed by atoms with van der Waals surface area (Å²) in [5, 5.41) is 7.55. The molecule has 0 heteroatoms. The Hall–Kier alpha value is -7.02. The van der Waals surface area contributed by atoms with Crippen molar-refractivity contribution in [2.24, 2.45) is 5.92 Å². The lowest BCUT2D eigenvalue weighted by Crippen LogP contribution is -2.02. The lowest BCUT2D eigenvalue weighted by Gasteiger charge is -2.21. The first-order chi connectivity index (χ1) is 30.6.